The molecule has 2 rings (SSSR count). The number of nitrogens with two attached hydrogens (primary N) is 1. The van der Waals surface area contributed by atoms with Crippen molar-refractivity contribution in [3.05, 3.63) is 0 Å². The molecule has 0 radical (unpaired) electrons. The Kier molecular flexibility index (Phi) is 6.70. The van der Waals surface area contributed by atoms with Gasteiger partial charge in [-0.3, -0.25) is 4.99 Å². The molecule has 2 heterocycles. The van der Waals surface area contributed by atoms with Crippen LogP contribution in [0.25, 0.3) is 0 Å². The van der Waals surface area contributed by atoms with E-state index in [1.54, 1.807) is 0 Å². The fourth-order valence-corrected chi connectivity index (χ4v) is 2.90. The number of halogens is 1. The van der Waals surface area contributed by atoms with Crippen LogP contribution in [0.5, 0.6) is 0 Å². The third-order valence-corrected chi connectivity index (χ3v) is 3.98. The van der Waals surface area contributed by atoms with Gasteiger partial charge in [0.15, 0.2) is 5.96 Å². The Morgan fingerprint density at radius 3 is 2.67 bits per heavy atom. The number of rotatable bonds is 2. The molecular formula is C13H27IN4. The molecule has 2 fully saturated rings. The molecule has 2 aliphatic rings. The van der Waals surface area contributed by atoms with E-state index in [9.17, 15) is 0 Å². The van der Waals surface area contributed by atoms with Gasteiger partial charge in [0.1, 0.15) is 0 Å². The highest BCUT2D eigenvalue weighted by molar-refractivity contribution is 14.0. The first-order valence-electron chi connectivity index (χ1n) is 6.88. The zero-order valence-electron chi connectivity index (χ0n) is 11.6. The van der Waals surface area contributed by atoms with Crippen LogP contribution in [-0.2, 0) is 0 Å². The van der Waals surface area contributed by atoms with Gasteiger partial charge in [0.25, 0.3) is 0 Å². The lowest BCUT2D eigenvalue weighted by atomic mass is 10.0. The second-order valence-corrected chi connectivity index (χ2v) is 5.81. The first kappa shape index (κ1) is 16.0. The number of nitrogens with zero attached hydrogens (tertiary/aromatic N) is 3. The van der Waals surface area contributed by atoms with Gasteiger partial charge in [-0.05, 0) is 44.7 Å². The minimum Gasteiger partial charge on any atom is -0.370 e. The van der Waals surface area contributed by atoms with E-state index in [1.807, 2.05) is 0 Å². The molecule has 0 spiro atoms. The van der Waals surface area contributed by atoms with E-state index in [0.29, 0.717) is 5.92 Å². The van der Waals surface area contributed by atoms with E-state index >= 15 is 0 Å². The molecule has 2 N–H and O–H groups in total. The van der Waals surface area contributed by atoms with Crippen LogP contribution in [0, 0.1) is 11.8 Å². The molecule has 0 saturated carbocycles. The van der Waals surface area contributed by atoms with Gasteiger partial charge in [-0.25, -0.2) is 0 Å². The second kappa shape index (κ2) is 7.53. The maximum absolute atomic E-state index is 6.09. The Balaban J connectivity index is 0.00000162. The molecule has 5 heteroatoms. The van der Waals surface area contributed by atoms with E-state index in [4.69, 9.17) is 5.73 Å². The second-order valence-electron chi connectivity index (χ2n) is 5.81. The van der Waals surface area contributed by atoms with Gasteiger partial charge in [-0.15, -0.1) is 24.0 Å². The predicted octanol–water partition coefficient (Wildman–Crippen LogP) is 1.60. The van der Waals surface area contributed by atoms with Gasteiger partial charge in [0, 0.05) is 26.2 Å². The van der Waals surface area contributed by atoms with Crippen LogP contribution in [0.2, 0.25) is 0 Å². The Bertz CT molecular complexity index is 282. The molecule has 2 aliphatic heterocycles. The van der Waals surface area contributed by atoms with Crippen molar-refractivity contribution < 1.29 is 0 Å². The molecular weight excluding hydrogens is 339 g/mol. The van der Waals surface area contributed by atoms with Crippen molar-refractivity contribution in [1.29, 1.82) is 0 Å². The smallest absolute Gasteiger partial charge is 0.191 e. The topological polar surface area (TPSA) is 44.9 Å². The summed E-state index contributed by atoms with van der Waals surface area (Å²) in [4.78, 5) is 9.22. The van der Waals surface area contributed by atoms with E-state index in [1.165, 1.54) is 32.4 Å². The van der Waals surface area contributed by atoms with Gasteiger partial charge in [-0.1, -0.05) is 6.92 Å². The molecule has 0 aliphatic carbocycles. The average molecular weight is 366 g/mol. The summed E-state index contributed by atoms with van der Waals surface area (Å²) in [7, 11) is 2.18. The molecule has 0 aromatic heterocycles. The van der Waals surface area contributed by atoms with Gasteiger partial charge < -0.3 is 15.5 Å². The van der Waals surface area contributed by atoms with Gasteiger partial charge >= 0.3 is 0 Å². The summed E-state index contributed by atoms with van der Waals surface area (Å²) in [5.41, 5.74) is 6.09. The third-order valence-electron chi connectivity index (χ3n) is 3.98. The number of likely N-dealkylation sites (tertiary alicyclic amines) is 2. The lowest BCUT2D eigenvalue weighted by Gasteiger charge is -2.31. The lowest BCUT2D eigenvalue weighted by Crippen LogP contribution is -2.43. The minimum absolute atomic E-state index is 0. The zero-order valence-corrected chi connectivity index (χ0v) is 14.0. The monoisotopic (exact) mass is 366 g/mol. The summed E-state index contributed by atoms with van der Waals surface area (Å²) in [6.07, 6.45) is 3.85. The summed E-state index contributed by atoms with van der Waals surface area (Å²) in [5, 5.41) is 0. The summed E-state index contributed by atoms with van der Waals surface area (Å²) in [6, 6.07) is 0. The number of hydrogen-bond acceptors (Lipinski definition) is 2. The van der Waals surface area contributed by atoms with Crippen molar-refractivity contribution in [2.75, 3.05) is 39.8 Å². The van der Waals surface area contributed by atoms with Crippen molar-refractivity contribution in [3.8, 4) is 0 Å². The molecule has 0 amide bonds. The third kappa shape index (κ3) is 4.57. The molecule has 106 valence electrons. The van der Waals surface area contributed by atoms with Crippen molar-refractivity contribution in [1.82, 2.24) is 9.80 Å². The zero-order chi connectivity index (χ0) is 12.3. The van der Waals surface area contributed by atoms with Crippen LogP contribution < -0.4 is 5.73 Å². The minimum atomic E-state index is 0. The average Bonchev–Trinajstić information content (AvgIpc) is 2.72. The van der Waals surface area contributed by atoms with Gasteiger partial charge in [0.05, 0.1) is 0 Å². The van der Waals surface area contributed by atoms with Gasteiger partial charge in [0.2, 0.25) is 0 Å². The Hall–Kier alpha value is -0.0400. The molecule has 0 aromatic carbocycles. The van der Waals surface area contributed by atoms with Crippen LogP contribution in [0.1, 0.15) is 26.2 Å². The van der Waals surface area contributed by atoms with E-state index in [2.05, 4.69) is 28.8 Å². The number of hydrogen-bond donors (Lipinski definition) is 1. The lowest BCUT2D eigenvalue weighted by molar-refractivity contribution is 0.270. The summed E-state index contributed by atoms with van der Waals surface area (Å²) < 4.78 is 0. The van der Waals surface area contributed by atoms with Crippen molar-refractivity contribution in [3.63, 3.8) is 0 Å². The Labute approximate surface area is 128 Å². The van der Waals surface area contributed by atoms with E-state index in [-0.39, 0.29) is 24.0 Å². The predicted molar refractivity (Wildman–Crippen MR) is 87.5 cm³/mol. The molecule has 2 atom stereocenters. The first-order chi connectivity index (χ1) is 8.15. The molecule has 0 bridgehead atoms. The SMILES string of the molecule is CC1CCCN(C(N)=NCC2CCN(C)C2)C1.I. The highest BCUT2D eigenvalue weighted by atomic mass is 127. The highest BCUT2D eigenvalue weighted by Crippen LogP contribution is 2.16. The fourth-order valence-electron chi connectivity index (χ4n) is 2.90. The molecule has 2 unspecified atom stereocenters. The normalized spacial score (nSPS) is 30.3. The standard InChI is InChI=1S/C13H26N4.HI/c1-11-4-3-6-17(9-11)13(14)15-8-12-5-7-16(2)10-12;/h11-12H,3-10H2,1-2H3,(H2,14,15);1H. The maximum Gasteiger partial charge on any atom is 0.191 e. The van der Waals surface area contributed by atoms with Crippen molar-refractivity contribution in [2.24, 2.45) is 22.6 Å². The van der Waals surface area contributed by atoms with E-state index < -0.39 is 0 Å². The molecule has 2 saturated heterocycles. The van der Waals surface area contributed by atoms with Crippen LogP contribution in [0.15, 0.2) is 4.99 Å². The number of piperidine rings is 1. The van der Waals surface area contributed by atoms with Crippen molar-refractivity contribution in [2.45, 2.75) is 26.2 Å². The maximum atomic E-state index is 6.09. The summed E-state index contributed by atoms with van der Waals surface area (Å²) >= 11 is 0. The fraction of sp³-hybridized carbons (Fsp3) is 0.923. The molecule has 4 nitrogen and oxygen atoms in total. The van der Waals surface area contributed by atoms with Crippen LogP contribution in [0.3, 0.4) is 0 Å². The molecule has 0 aromatic rings. The number of guanidine groups is 1. The van der Waals surface area contributed by atoms with Crippen LogP contribution in [-0.4, -0.2) is 55.5 Å². The highest BCUT2D eigenvalue weighted by Gasteiger charge is 2.20. The Morgan fingerprint density at radius 2 is 2.06 bits per heavy atom. The largest absolute Gasteiger partial charge is 0.370 e. The summed E-state index contributed by atoms with van der Waals surface area (Å²) in [5.74, 6) is 2.24. The van der Waals surface area contributed by atoms with Crippen molar-refractivity contribution >= 4 is 29.9 Å². The van der Waals surface area contributed by atoms with Crippen LogP contribution in [0.4, 0.5) is 0 Å². The first-order valence-corrected chi connectivity index (χ1v) is 6.88. The molecule has 18 heavy (non-hydrogen) atoms. The van der Waals surface area contributed by atoms with E-state index in [0.717, 1.165) is 31.5 Å². The van der Waals surface area contributed by atoms with Crippen LogP contribution >= 0.6 is 24.0 Å². The Morgan fingerprint density at radius 1 is 1.28 bits per heavy atom. The number of aliphatic imine (C=N–C) groups is 1. The van der Waals surface area contributed by atoms with Gasteiger partial charge in [-0.2, -0.15) is 0 Å². The quantitative estimate of drug-likeness (QED) is 0.459. The summed E-state index contributed by atoms with van der Waals surface area (Å²) in [6.45, 7) is 7.75.